The van der Waals surface area contributed by atoms with Crippen LogP contribution in [-0.2, 0) is 21.0 Å². The average Bonchev–Trinajstić information content (AvgIpc) is 2.71. The third-order valence-corrected chi connectivity index (χ3v) is 5.83. The highest BCUT2D eigenvalue weighted by molar-refractivity contribution is 7.85. The molecule has 0 saturated carbocycles. The number of carbonyl (C=O) groups is 1. The molecule has 1 atom stereocenters. The number of alkyl carbamates (subject to hydrolysis) is 1. The monoisotopic (exact) mass is 481 g/mol. The lowest BCUT2D eigenvalue weighted by molar-refractivity contribution is -0.137. The van der Waals surface area contributed by atoms with Gasteiger partial charge in [-0.15, -0.1) is 0 Å². The summed E-state index contributed by atoms with van der Waals surface area (Å²) in [6.07, 6.45) is 3.21. The van der Waals surface area contributed by atoms with E-state index < -0.39 is 39.8 Å². The Hall–Kier alpha value is -1.81. The van der Waals surface area contributed by atoms with Crippen LogP contribution in [-0.4, -0.2) is 31.4 Å². The molecule has 0 heterocycles. The fourth-order valence-corrected chi connectivity index (χ4v) is 3.77. The third kappa shape index (κ3) is 12.9. The second-order valence-electron chi connectivity index (χ2n) is 7.84. The van der Waals surface area contributed by atoms with Crippen molar-refractivity contribution in [3.63, 3.8) is 0 Å². The topological polar surface area (TPSA) is 92.7 Å². The van der Waals surface area contributed by atoms with E-state index in [-0.39, 0.29) is 13.0 Å². The SMILES string of the molecule is CCCCCCCCCCC(OC(=O)NCCCS(=O)(=O)O)c1ccc(C(F)(F)F)cc1. The molecule has 0 radical (unpaired) electrons. The molecule has 6 nitrogen and oxygen atoms in total. The molecule has 0 aliphatic carbocycles. The van der Waals surface area contributed by atoms with Crippen molar-refractivity contribution in [1.29, 1.82) is 0 Å². The van der Waals surface area contributed by atoms with Crippen LogP contribution in [0.5, 0.6) is 0 Å². The maximum absolute atomic E-state index is 12.8. The van der Waals surface area contributed by atoms with Gasteiger partial charge in [-0.1, -0.05) is 64.0 Å². The van der Waals surface area contributed by atoms with Crippen LogP contribution < -0.4 is 5.32 Å². The molecule has 2 N–H and O–H groups in total. The first-order chi connectivity index (χ1) is 15.0. The molecule has 184 valence electrons. The number of hydrogen-bond donors (Lipinski definition) is 2. The Morgan fingerprint density at radius 3 is 2.09 bits per heavy atom. The molecule has 0 fully saturated rings. The summed E-state index contributed by atoms with van der Waals surface area (Å²) >= 11 is 0. The van der Waals surface area contributed by atoms with E-state index in [0.29, 0.717) is 12.0 Å². The molecule has 0 aliphatic heterocycles. The Morgan fingerprint density at radius 2 is 1.56 bits per heavy atom. The molecule has 0 aromatic heterocycles. The number of hydrogen-bond acceptors (Lipinski definition) is 4. The summed E-state index contributed by atoms with van der Waals surface area (Å²) in [7, 11) is -4.11. The standard InChI is InChI=1S/C22H34F3NO5S/c1-2-3-4-5-6-7-8-9-11-20(18-12-14-19(15-13-18)22(23,24)25)31-21(27)26-16-10-17-32(28,29)30/h12-15,20H,2-11,16-17H2,1H3,(H,26,27)(H,28,29,30). The molecule has 0 bridgehead atoms. The highest BCUT2D eigenvalue weighted by Gasteiger charge is 2.30. The van der Waals surface area contributed by atoms with Gasteiger partial charge in [-0.05, 0) is 37.0 Å². The summed E-state index contributed by atoms with van der Waals surface area (Å²) in [5.74, 6) is -0.492. The van der Waals surface area contributed by atoms with Crippen LogP contribution in [0.1, 0.15) is 88.4 Å². The lowest BCUT2D eigenvalue weighted by atomic mass is 10.0. The minimum absolute atomic E-state index is 0.0108. The van der Waals surface area contributed by atoms with Gasteiger partial charge in [-0.3, -0.25) is 4.55 Å². The lowest BCUT2D eigenvalue weighted by Crippen LogP contribution is -2.28. The second-order valence-corrected chi connectivity index (χ2v) is 9.42. The number of nitrogens with one attached hydrogen (secondary N) is 1. The molecule has 1 amide bonds. The Bertz CT molecular complexity index is 767. The van der Waals surface area contributed by atoms with Crippen LogP contribution in [0.25, 0.3) is 0 Å². The number of amides is 1. The molecular weight excluding hydrogens is 447 g/mol. The summed E-state index contributed by atoms with van der Waals surface area (Å²) in [4.78, 5) is 12.1. The van der Waals surface area contributed by atoms with Crippen molar-refractivity contribution < 1.29 is 35.7 Å². The minimum Gasteiger partial charge on any atom is -0.441 e. The maximum Gasteiger partial charge on any atom is 0.416 e. The third-order valence-electron chi connectivity index (χ3n) is 5.03. The zero-order chi connectivity index (χ0) is 24.0. The predicted octanol–water partition coefficient (Wildman–Crippen LogP) is 6.28. The Morgan fingerprint density at radius 1 is 1.00 bits per heavy atom. The van der Waals surface area contributed by atoms with E-state index >= 15 is 0 Å². The molecule has 1 aromatic carbocycles. The van der Waals surface area contributed by atoms with Crippen molar-refractivity contribution in [2.75, 3.05) is 12.3 Å². The molecule has 10 heteroatoms. The van der Waals surface area contributed by atoms with E-state index in [1.165, 1.54) is 37.8 Å². The minimum atomic E-state index is -4.45. The van der Waals surface area contributed by atoms with Gasteiger partial charge in [0, 0.05) is 6.54 Å². The van der Waals surface area contributed by atoms with Gasteiger partial charge in [0.05, 0.1) is 11.3 Å². The van der Waals surface area contributed by atoms with Crippen molar-refractivity contribution in [3.8, 4) is 0 Å². The number of benzene rings is 1. The van der Waals surface area contributed by atoms with Gasteiger partial charge in [0.25, 0.3) is 10.1 Å². The number of ether oxygens (including phenoxy) is 1. The summed E-state index contributed by atoms with van der Waals surface area (Å²) in [5, 5.41) is 2.40. The largest absolute Gasteiger partial charge is 0.441 e. The zero-order valence-electron chi connectivity index (χ0n) is 18.5. The summed E-state index contributed by atoms with van der Waals surface area (Å²) in [5.41, 5.74) is -0.309. The summed E-state index contributed by atoms with van der Waals surface area (Å²) in [6, 6.07) is 4.54. The van der Waals surface area contributed by atoms with Crippen LogP contribution in [0.2, 0.25) is 0 Å². The van der Waals surface area contributed by atoms with Gasteiger partial charge in [-0.25, -0.2) is 4.79 Å². The molecule has 0 saturated heterocycles. The van der Waals surface area contributed by atoms with E-state index in [1.807, 2.05) is 0 Å². The molecule has 0 spiro atoms. The van der Waals surface area contributed by atoms with E-state index in [1.54, 1.807) is 0 Å². The first-order valence-electron chi connectivity index (χ1n) is 11.1. The first-order valence-corrected chi connectivity index (χ1v) is 12.7. The molecule has 1 rings (SSSR count). The van der Waals surface area contributed by atoms with Crippen LogP contribution in [0.15, 0.2) is 24.3 Å². The Kier molecular flexibility index (Phi) is 12.7. The van der Waals surface area contributed by atoms with Crippen LogP contribution in [0.3, 0.4) is 0 Å². The number of halogens is 3. The van der Waals surface area contributed by atoms with Gasteiger partial charge < -0.3 is 10.1 Å². The highest BCUT2D eigenvalue weighted by atomic mass is 32.2. The van der Waals surface area contributed by atoms with Crippen molar-refractivity contribution >= 4 is 16.2 Å². The fourth-order valence-electron chi connectivity index (χ4n) is 3.26. The lowest BCUT2D eigenvalue weighted by Gasteiger charge is -2.19. The van der Waals surface area contributed by atoms with E-state index in [9.17, 15) is 26.4 Å². The Balaban J connectivity index is 2.60. The van der Waals surface area contributed by atoms with Gasteiger partial charge in [0.2, 0.25) is 0 Å². The predicted molar refractivity (Wildman–Crippen MR) is 117 cm³/mol. The smallest absolute Gasteiger partial charge is 0.416 e. The van der Waals surface area contributed by atoms with Crippen molar-refractivity contribution in [2.45, 2.75) is 83.4 Å². The number of unbranched alkanes of at least 4 members (excludes halogenated alkanes) is 7. The van der Waals surface area contributed by atoms with Gasteiger partial charge in [0.1, 0.15) is 6.10 Å². The van der Waals surface area contributed by atoms with Crippen LogP contribution >= 0.6 is 0 Å². The van der Waals surface area contributed by atoms with Gasteiger partial charge in [0.15, 0.2) is 0 Å². The van der Waals surface area contributed by atoms with Crippen LogP contribution in [0, 0.1) is 0 Å². The zero-order valence-corrected chi connectivity index (χ0v) is 19.3. The molecule has 0 aliphatic rings. The molecule has 1 unspecified atom stereocenters. The number of alkyl halides is 3. The van der Waals surface area contributed by atoms with E-state index in [0.717, 1.165) is 37.8 Å². The Labute approximate surface area is 188 Å². The fraction of sp³-hybridized carbons (Fsp3) is 0.682. The maximum atomic E-state index is 12.8. The van der Waals surface area contributed by atoms with Crippen molar-refractivity contribution in [2.24, 2.45) is 0 Å². The number of carbonyl (C=O) groups excluding carboxylic acids is 1. The molecule has 32 heavy (non-hydrogen) atoms. The second kappa shape index (κ2) is 14.4. The van der Waals surface area contributed by atoms with Crippen molar-refractivity contribution in [1.82, 2.24) is 5.32 Å². The van der Waals surface area contributed by atoms with E-state index in [2.05, 4.69) is 12.2 Å². The molecular formula is C22H34F3NO5S. The normalized spacial score (nSPS) is 13.0. The first kappa shape index (κ1) is 28.2. The van der Waals surface area contributed by atoms with Gasteiger partial charge >= 0.3 is 12.3 Å². The summed E-state index contributed by atoms with van der Waals surface area (Å²) < 4.78 is 74.0. The molecule has 1 aromatic rings. The highest BCUT2D eigenvalue weighted by Crippen LogP contribution is 2.31. The van der Waals surface area contributed by atoms with Gasteiger partial charge in [-0.2, -0.15) is 21.6 Å². The van der Waals surface area contributed by atoms with Crippen molar-refractivity contribution in [3.05, 3.63) is 35.4 Å². The summed E-state index contributed by atoms with van der Waals surface area (Å²) in [6.45, 7) is 2.14. The average molecular weight is 482 g/mol. The van der Waals surface area contributed by atoms with Crippen LogP contribution in [0.4, 0.5) is 18.0 Å². The quantitative estimate of drug-likeness (QED) is 0.227. The van der Waals surface area contributed by atoms with E-state index in [4.69, 9.17) is 9.29 Å². The number of rotatable bonds is 15.